The number of alkyl halides is 3. The van der Waals surface area contributed by atoms with E-state index in [1.54, 1.807) is 24.4 Å². The summed E-state index contributed by atoms with van der Waals surface area (Å²) in [5.41, 5.74) is 0.969. The van der Waals surface area contributed by atoms with Crippen molar-refractivity contribution in [2.75, 3.05) is 36.5 Å². The van der Waals surface area contributed by atoms with Crippen molar-refractivity contribution in [3.8, 4) is 22.6 Å². The van der Waals surface area contributed by atoms with Gasteiger partial charge in [0.1, 0.15) is 11.6 Å². The maximum Gasteiger partial charge on any atom is 0.416 e. The maximum absolute atomic E-state index is 13.1. The highest BCUT2D eigenvalue weighted by molar-refractivity contribution is 6.08. The summed E-state index contributed by atoms with van der Waals surface area (Å²) in [4.78, 5) is 19.4. The van der Waals surface area contributed by atoms with E-state index in [0.717, 1.165) is 42.2 Å². The van der Waals surface area contributed by atoms with Crippen molar-refractivity contribution in [1.82, 2.24) is 4.98 Å². The zero-order valence-corrected chi connectivity index (χ0v) is 16.8. The van der Waals surface area contributed by atoms with Gasteiger partial charge in [-0.05, 0) is 53.6 Å². The molecule has 0 atom stereocenters. The fourth-order valence-electron chi connectivity index (χ4n) is 3.74. The van der Waals surface area contributed by atoms with Crippen molar-refractivity contribution in [3.05, 3.63) is 65.9 Å². The lowest BCUT2D eigenvalue weighted by Crippen LogP contribution is -2.36. The van der Waals surface area contributed by atoms with Gasteiger partial charge in [-0.3, -0.25) is 4.79 Å². The Bertz CT molecular complexity index is 1190. The maximum atomic E-state index is 13.1. The zero-order valence-electron chi connectivity index (χ0n) is 16.8. The monoisotopic (exact) mass is 441 g/mol. The molecule has 0 bridgehead atoms. The molecule has 9 heteroatoms. The van der Waals surface area contributed by atoms with Gasteiger partial charge in [-0.1, -0.05) is 6.07 Å². The molecular weight excluding hydrogens is 423 g/mol. The smallest absolute Gasteiger partial charge is 0.416 e. The Morgan fingerprint density at radius 3 is 2.47 bits per heavy atom. The van der Waals surface area contributed by atoms with Crippen LogP contribution in [0.3, 0.4) is 0 Å². The summed E-state index contributed by atoms with van der Waals surface area (Å²) in [5.74, 6) is 0.694. The number of hydrogen-bond donors (Lipinski definition) is 1. The summed E-state index contributed by atoms with van der Waals surface area (Å²) in [6, 6.07) is 11.9. The van der Waals surface area contributed by atoms with Crippen LogP contribution in [-0.4, -0.2) is 37.2 Å². The number of rotatable bonds is 2. The number of nitrogens with one attached hydrogen (secondary N) is 1. The van der Waals surface area contributed by atoms with Gasteiger partial charge in [-0.15, -0.1) is 0 Å². The van der Waals surface area contributed by atoms with E-state index in [4.69, 9.17) is 9.47 Å². The summed E-state index contributed by atoms with van der Waals surface area (Å²) in [6.45, 7) is 2.77. The van der Waals surface area contributed by atoms with E-state index < -0.39 is 17.6 Å². The highest BCUT2D eigenvalue weighted by Crippen LogP contribution is 2.40. The van der Waals surface area contributed by atoms with Gasteiger partial charge in [0.2, 0.25) is 0 Å². The first-order valence-electron chi connectivity index (χ1n) is 10.0. The standard InChI is InChI=1S/C23H18F3N3O3/c24-23(25,26)16-2-4-20-18(13-16)28-22(30)17-11-14(1-3-19(17)32-20)15-5-6-27-21(12-15)29-7-9-31-10-8-29/h1-6,11-13H,7-10H2,(H,28,30). The van der Waals surface area contributed by atoms with Gasteiger partial charge in [0.15, 0.2) is 5.75 Å². The lowest BCUT2D eigenvalue weighted by molar-refractivity contribution is -0.137. The van der Waals surface area contributed by atoms with Gasteiger partial charge in [0.05, 0.1) is 30.0 Å². The van der Waals surface area contributed by atoms with Crippen LogP contribution < -0.4 is 15.0 Å². The number of ether oxygens (including phenoxy) is 2. The van der Waals surface area contributed by atoms with Gasteiger partial charge >= 0.3 is 6.18 Å². The summed E-state index contributed by atoms with van der Waals surface area (Å²) in [6.07, 6.45) is -2.82. The SMILES string of the molecule is O=C1Nc2cc(C(F)(F)F)ccc2Oc2ccc(-c3ccnc(N4CCOCC4)c3)cc21. The Hall–Kier alpha value is -3.59. The second-order valence-corrected chi connectivity index (χ2v) is 7.48. The first-order valence-corrected chi connectivity index (χ1v) is 10.0. The number of halogens is 3. The molecule has 0 unspecified atom stereocenters. The molecule has 1 fully saturated rings. The Balaban J connectivity index is 1.47. The number of anilines is 2. The van der Waals surface area contributed by atoms with Gasteiger partial charge in [-0.25, -0.2) is 4.98 Å². The predicted octanol–water partition coefficient (Wildman–Crippen LogP) is 4.96. The van der Waals surface area contributed by atoms with Crippen molar-refractivity contribution in [2.24, 2.45) is 0 Å². The summed E-state index contributed by atoms with van der Waals surface area (Å²) < 4.78 is 50.3. The van der Waals surface area contributed by atoms with E-state index in [9.17, 15) is 18.0 Å². The van der Waals surface area contributed by atoms with E-state index in [0.29, 0.717) is 13.2 Å². The molecule has 5 rings (SSSR count). The third kappa shape index (κ3) is 3.87. The van der Waals surface area contributed by atoms with Gasteiger partial charge < -0.3 is 19.7 Å². The third-order valence-electron chi connectivity index (χ3n) is 5.41. The molecule has 0 saturated carbocycles. The molecule has 2 aliphatic rings. The van der Waals surface area contributed by atoms with Crippen molar-refractivity contribution in [3.63, 3.8) is 0 Å². The molecule has 0 aliphatic carbocycles. The summed E-state index contributed by atoms with van der Waals surface area (Å²) >= 11 is 0. The lowest BCUT2D eigenvalue weighted by atomic mass is 10.0. The van der Waals surface area contributed by atoms with Gasteiger partial charge in [-0.2, -0.15) is 13.2 Å². The molecule has 1 amide bonds. The van der Waals surface area contributed by atoms with E-state index in [2.05, 4.69) is 15.2 Å². The van der Waals surface area contributed by atoms with Crippen LogP contribution in [0.25, 0.3) is 11.1 Å². The van der Waals surface area contributed by atoms with Crippen LogP contribution in [-0.2, 0) is 10.9 Å². The third-order valence-corrected chi connectivity index (χ3v) is 5.41. The molecule has 2 aromatic carbocycles. The summed E-state index contributed by atoms with van der Waals surface area (Å²) in [7, 11) is 0. The van der Waals surface area contributed by atoms with Crippen LogP contribution in [0.15, 0.2) is 54.7 Å². The number of carbonyl (C=O) groups is 1. The normalized spacial score (nSPS) is 15.8. The second-order valence-electron chi connectivity index (χ2n) is 7.48. The Labute approximate surface area is 181 Å². The highest BCUT2D eigenvalue weighted by atomic mass is 19.4. The number of carbonyl (C=O) groups excluding carboxylic acids is 1. The average Bonchev–Trinajstić information content (AvgIpc) is 2.94. The average molecular weight is 441 g/mol. The van der Waals surface area contributed by atoms with Crippen molar-refractivity contribution in [2.45, 2.75) is 6.18 Å². The van der Waals surface area contributed by atoms with Crippen molar-refractivity contribution >= 4 is 17.4 Å². The molecule has 3 heterocycles. The fourth-order valence-corrected chi connectivity index (χ4v) is 3.74. The van der Waals surface area contributed by atoms with Gasteiger partial charge in [0, 0.05) is 19.3 Å². The molecule has 164 valence electrons. The van der Waals surface area contributed by atoms with E-state index in [1.807, 2.05) is 12.1 Å². The Morgan fingerprint density at radius 2 is 1.69 bits per heavy atom. The minimum Gasteiger partial charge on any atom is -0.454 e. The van der Waals surface area contributed by atoms with Crippen molar-refractivity contribution in [1.29, 1.82) is 0 Å². The Morgan fingerprint density at radius 1 is 0.938 bits per heavy atom. The molecule has 1 N–H and O–H groups in total. The number of hydrogen-bond acceptors (Lipinski definition) is 5. The molecule has 0 radical (unpaired) electrons. The number of nitrogens with zero attached hydrogens (tertiary/aromatic N) is 2. The molecular formula is C23H18F3N3O3. The first kappa shape index (κ1) is 20.3. The molecule has 6 nitrogen and oxygen atoms in total. The largest absolute Gasteiger partial charge is 0.454 e. The lowest BCUT2D eigenvalue weighted by Gasteiger charge is -2.28. The highest BCUT2D eigenvalue weighted by Gasteiger charge is 2.32. The van der Waals surface area contributed by atoms with Crippen LogP contribution in [0.5, 0.6) is 11.5 Å². The quantitative estimate of drug-likeness (QED) is 0.609. The fraction of sp³-hybridized carbons (Fsp3) is 0.217. The van der Waals surface area contributed by atoms with E-state index in [-0.39, 0.29) is 22.7 Å². The zero-order chi connectivity index (χ0) is 22.3. The minimum absolute atomic E-state index is 0.0268. The van der Waals surface area contributed by atoms with Crippen molar-refractivity contribution < 1.29 is 27.4 Å². The van der Waals surface area contributed by atoms with Crippen LogP contribution in [0, 0.1) is 0 Å². The van der Waals surface area contributed by atoms with Crippen LogP contribution in [0.2, 0.25) is 0 Å². The van der Waals surface area contributed by atoms with Crippen LogP contribution >= 0.6 is 0 Å². The summed E-state index contributed by atoms with van der Waals surface area (Å²) in [5, 5.41) is 2.53. The first-order chi connectivity index (χ1) is 15.4. The van der Waals surface area contributed by atoms with Crippen LogP contribution in [0.1, 0.15) is 15.9 Å². The van der Waals surface area contributed by atoms with Gasteiger partial charge in [0.25, 0.3) is 5.91 Å². The number of benzene rings is 2. The Kier molecular flexibility index (Phi) is 4.97. The second kappa shape index (κ2) is 7.83. The number of amides is 1. The topological polar surface area (TPSA) is 63.7 Å². The molecule has 3 aromatic rings. The number of fused-ring (bicyclic) bond motifs is 2. The molecule has 2 aliphatic heterocycles. The predicted molar refractivity (Wildman–Crippen MR) is 112 cm³/mol. The van der Waals surface area contributed by atoms with E-state index in [1.165, 1.54) is 6.07 Å². The molecule has 1 aromatic heterocycles. The molecule has 1 saturated heterocycles. The molecule has 0 spiro atoms. The molecule has 32 heavy (non-hydrogen) atoms. The number of aromatic nitrogens is 1. The number of pyridine rings is 1. The number of morpholine rings is 1. The van der Waals surface area contributed by atoms with Crippen LogP contribution in [0.4, 0.5) is 24.7 Å². The minimum atomic E-state index is -4.52. The van der Waals surface area contributed by atoms with E-state index >= 15 is 0 Å².